The van der Waals surface area contributed by atoms with Crippen LogP contribution in [0.25, 0.3) is 0 Å². The second-order valence-electron chi connectivity index (χ2n) is 5.18. The van der Waals surface area contributed by atoms with Crippen LogP contribution >= 0.6 is 34.4 Å². The summed E-state index contributed by atoms with van der Waals surface area (Å²) < 4.78 is 27.5. The van der Waals surface area contributed by atoms with Crippen LogP contribution < -0.4 is 5.32 Å². The Morgan fingerprint density at radius 2 is 2.12 bits per heavy atom. The minimum absolute atomic E-state index is 0.119. The van der Waals surface area contributed by atoms with Crippen LogP contribution in [0.2, 0.25) is 0 Å². The van der Waals surface area contributed by atoms with Gasteiger partial charge < -0.3 is 5.32 Å². The van der Waals surface area contributed by atoms with Crippen LogP contribution in [-0.4, -0.2) is 48.2 Å². The maximum absolute atomic E-state index is 12.5. The fraction of sp³-hybridized carbons (Fsp3) is 0.462. The molecule has 1 fully saturated rings. The number of carbonyl (C=O) groups is 1. The fourth-order valence-corrected chi connectivity index (χ4v) is 6.23. The van der Waals surface area contributed by atoms with Crippen molar-refractivity contribution in [2.45, 2.75) is 21.4 Å². The lowest BCUT2D eigenvalue weighted by Gasteiger charge is -2.29. The Bertz CT molecular complexity index is 795. The maximum atomic E-state index is 12.5. The van der Waals surface area contributed by atoms with E-state index in [0.717, 1.165) is 4.34 Å². The monoisotopic (exact) mass is 404 g/mol. The summed E-state index contributed by atoms with van der Waals surface area (Å²) in [4.78, 5) is 12.3. The second-order valence-corrected chi connectivity index (χ2v) is 10.3. The molecule has 1 amide bonds. The molecule has 0 bridgehead atoms. The van der Waals surface area contributed by atoms with Gasteiger partial charge in [0.15, 0.2) is 4.34 Å². The summed E-state index contributed by atoms with van der Waals surface area (Å²) in [6.45, 7) is 0.703. The van der Waals surface area contributed by atoms with Gasteiger partial charge in [0, 0.05) is 19.0 Å². The molecule has 2 aromatic heterocycles. The molecule has 3 rings (SSSR count). The summed E-state index contributed by atoms with van der Waals surface area (Å²) in [7, 11) is -3.43. The van der Waals surface area contributed by atoms with Crippen molar-refractivity contribution >= 4 is 55.5 Å². The molecule has 1 N–H and O–H groups in total. The molecule has 130 valence electrons. The van der Waals surface area contributed by atoms with Gasteiger partial charge in [-0.15, -0.1) is 21.5 Å². The van der Waals surface area contributed by atoms with Crippen molar-refractivity contribution in [1.29, 1.82) is 0 Å². The van der Waals surface area contributed by atoms with Gasteiger partial charge >= 0.3 is 0 Å². The lowest BCUT2D eigenvalue weighted by atomic mass is 9.97. The lowest BCUT2D eigenvalue weighted by Crippen LogP contribution is -2.41. The largest absolute Gasteiger partial charge is 0.300 e. The highest BCUT2D eigenvalue weighted by Gasteiger charge is 2.32. The number of hydrogen-bond donors (Lipinski definition) is 1. The van der Waals surface area contributed by atoms with Crippen LogP contribution in [0, 0.1) is 5.92 Å². The number of nitrogens with zero attached hydrogens (tertiary/aromatic N) is 3. The molecule has 2 aromatic rings. The summed E-state index contributed by atoms with van der Waals surface area (Å²) >= 11 is 4.02. The average Bonchev–Trinajstić information content (AvgIpc) is 3.27. The molecule has 0 saturated carbocycles. The third-order valence-corrected chi connectivity index (χ3v) is 8.81. The molecule has 24 heavy (non-hydrogen) atoms. The predicted molar refractivity (Wildman–Crippen MR) is 96.1 cm³/mol. The lowest BCUT2D eigenvalue weighted by molar-refractivity contribution is -0.120. The molecule has 1 aliphatic heterocycles. The highest BCUT2D eigenvalue weighted by Crippen LogP contribution is 2.28. The van der Waals surface area contributed by atoms with E-state index >= 15 is 0 Å². The highest BCUT2D eigenvalue weighted by atomic mass is 32.2. The molecule has 7 nitrogen and oxygen atoms in total. The van der Waals surface area contributed by atoms with E-state index in [2.05, 4.69) is 15.5 Å². The summed E-state index contributed by atoms with van der Waals surface area (Å²) in [6.07, 6.45) is 2.91. The zero-order valence-corrected chi connectivity index (χ0v) is 16.1. The number of sulfonamides is 1. The topological polar surface area (TPSA) is 92.3 Å². The summed E-state index contributed by atoms with van der Waals surface area (Å²) in [5, 5.41) is 12.9. The van der Waals surface area contributed by atoms with Crippen molar-refractivity contribution in [2.24, 2.45) is 5.92 Å². The van der Waals surface area contributed by atoms with Crippen LogP contribution in [0.3, 0.4) is 0 Å². The molecule has 0 radical (unpaired) electrons. The SMILES string of the molecule is CSc1nnc(NC(=O)C2CCN(S(=O)(=O)c3cccs3)CC2)s1. The third kappa shape index (κ3) is 3.80. The third-order valence-electron chi connectivity index (χ3n) is 3.73. The van der Waals surface area contributed by atoms with E-state index in [1.807, 2.05) is 6.26 Å². The van der Waals surface area contributed by atoms with Gasteiger partial charge in [-0.05, 0) is 30.5 Å². The standard InChI is InChI=1S/C13H16N4O3S4/c1-21-13-16-15-12(23-13)14-11(18)9-4-6-17(7-5-9)24(19,20)10-3-2-8-22-10/h2-3,8-9H,4-7H2,1H3,(H,14,15,18). The first kappa shape index (κ1) is 17.8. The quantitative estimate of drug-likeness (QED) is 0.607. The van der Waals surface area contributed by atoms with E-state index in [9.17, 15) is 13.2 Å². The number of anilines is 1. The van der Waals surface area contributed by atoms with E-state index < -0.39 is 10.0 Å². The normalized spacial score (nSPS) is 17.0. The molecule has 1 aliphatic rings. The Hall–Kier alpha value is -1.01. The van der Waals surface area contributed by atoms with Crippen molar-refractivity contribution in [2.75, 3.05) is 24.7 Å². The van der Waals surface area contributed by atoms with Crippen molar-refractivity contribution in [3.63, 3.8) is 0 Å². The van der Waals surface area contributed by atoms with Crippen LogP contribution in [0.15, 0.2) is 26.1 Å². The number of piperidine rings is 1. The van der Waals surface area contributed by atoms with Crippen molar-refractivity contribution in [1.82, 2.24) is 14.5 Å². The van der Waals surface area contributed by atoms with Gasteiger partial charge in [-0.25, -0.2) is 8.42 Å². The van der Waals surface area contributed by atoms with E-state index in [0.29, 0.717) is 35.3 Å². The maximum Gasteiger partial charge on any atom is 0.252 e. The smallest absolute Gasteiger partial charge is 0.252 e. The van der Waals surface area contributed by atoms with E-state index in [1.165, 1.54) is 38.7 Å². The Labute approximate surface area is 152 Å². The van der Waals surface area contributed by atoms with E-state index in [4.69, 9.17) is 0 Å². The van der Waals surface area contributed by atoms with Gasteiger partial charge in [-0.1, -0.05) is 29.2 Å². The molecule has 0 spiro atoms. The number of nitrogens with one attached hydrogen (secondary N) is 1. The number of thiophene rings is 1. The zero-order chi connectivity index (χ0) is 17.2. The molecular weight excluding hydrogens is 388 g/mol. The van der Waals surface area contributed by atoms with Crippen molar-refractivity contribution < 1.29 is 13.2 Å². The number of aromatic nitrogens is 2. The molecule has 0 unspecified atom stereocenters. The van der Waals surface area contributed by atoms with Gasteiger partial charge in [0.1, 0.15) is 4.21 Å². The van der Waals surface area contributed by atoms with Gasteiger partial charge in [0.05, 0.1) is 0 Å². The van der Waals surface area contributed by atoms with Crippen LogP contribution in [0.5, 0.6) is 0 Å². The predicted octanol–water partition coefficient (Wildman–Crippen LogP) is 2.36. The van der Waals surface area contributed by atoms with Crippen molar-refractivity contribution in [3.8, 4) is 0 Å². The molecule has 11 heteroatoms. The van der Waals surface area contributed by atoms with Gasteiger partial charge in [0.25, 0.3) is 10.0 Å². The van der Waals surface area contributed by atoms with Gasteiger partial charge in [0.2, 0.25) is 11.0 Å². The molecule has 0 aliphatic carbocycles. The molecule has 0 aromatic carbocycles. The van der Waals surface area contributed by atoms with Crippen LogP contribution in [0.4, 0.5) is 5.13 Å². The van der Waals surface area contributed by atoms with E-state index in [-0.39, 0.29) is 11.8 Å². The number of thioether (sulfide) groups is 1. The first-order valence-electron chi connectivity index (χ1n) is 7.22. The first-order valence-corrected chi connectivity index (χ1v) is 11.6. The number of hydrogen-bond acceptors (Lipinski definition) is 8. The summed E-state index contributed by atoms with van der Waals surface area (Å²) in [5.74, 6) is -0.326. The van der Waals surface area contributed by atoms with Gasteiger partial charge in [-0.2, -0.15) is 4.31 Å². The molecule has 0 atom stereocenters. The minimum atomic E-state index is -3.43. The summed E-state index contributed by atoms with van der Waals surface area (Å²) in [5.41, 5.74) is 0. The minimum Gasteiger partial charge on any atom is -0.300 e. The molecular formula is C13H16N4O3S4. The Kier molecular flexibility index (Phi) is 5.55. The molecule has 3 heterocycles. The Balaban J connectivity index is 1.57. The Morgan fingerprint density at radius 3 is 2.71 bits per heavy atom. The highest BCUT2D eigenvalue weighted by molar-refractivity contribution is 8.00. The number of amides is 1. The zero-order valence-electron chi connectivity index (χ0n) is 12.8. The average molecular weight is 405 g/mol. The molecule has 1 saturated heterocycles. The summed E-state index contributed by atoms with van der Waals surface area (Å²) in [6, 6.07) is 3.33. The Morgan fingerprint density at radius 1 is 1.38 bits per heavy atom. The van der Waals surface area contributed by atoms with Gasteiger partial charge in [-0.3, -0.25) is 4.79 Å². The van der Waals surface area contributed by atoms with Crippen molar-refractivity contribution in [3.05, 3.63) is 17.5 Å². The number of rotatable bonds is 5. The number of carbonyl (C=O) groups excluding carboxylic acids is 1. The van der Waals surface area contributed by atoms with E-state index in [1.54, 1.807) is 17.5 Å². The van der Waals surface area contributed by atoms with Crippen LogP contribution in [-0.2, 0) is 14.8 Å². The second kappa shape index (κ2) is 7.48. The van der Waals surface area contributed by atoms with Crippen LogP contribution in [0.1, 0.15) is 12.8 Å². The first-order chi connectivity index (χ1) is 11.5. The fourth-order valence-electron chi connectivity index (χ4n) is 2.45.